The highest BCUT2D eigenvalue weighted by atomic mass is 15.2. The molecule has 1 aliphatic rings. The van der Waals surface area contributed by atoms with Crippen molar-refractivity contribution in [2.45, 2.75) is 58.5 Å². The van der Waals surface area contributed by atoms with E-state index in [4.69, 9.17) is 5.73 Å². The molecule has 1 heterocycles. The topological polar surface area (TPSA) is 29.3 Å². The van der Waals surface area contributed by atoms with Gasteiger partial charge in [0.05, 0.1) is 0 Å². The van der Waals surface area contributed by atoms with E-state index >= 15 is 0 Å². The fourth-order valence-corrected chi connectivity index (χ4v) is 2.34. The molecule has 14 heavy (non-hydrogen) atoms. The first kappa shape index (κ1) is 12.0. The van der Waals surface area contributed by atoms with Crippen LogP contribution in [0.4, 0.5) is 0 Å². The molecular formula is C12H26N2. The maximum absolute atomic E-state index is 5.98. The zero-order chi connectivity index (χ0) is 10.6. The summed E-state index contributed by atoms with van der Waals surface area (Å²) in [6, 6.07) is 1.14. The van der Waals surface area contributed by atoms with Gasteiger partial charge in [-0.2, -0.15) is 0 Å². The van der Waals surface area contributed by atoms with Gasteiger partial charge in [-0.25, -0.2) is 0 Å². The Balaban J connectivity index is 2.31. The van der Waals surface area contributed by atoms with E-state index in [-0.39, 0.29) is 0 Å². The molecule has 0 bridgehead atoms. The summed E-state index contributed by atoms with van der Waals surface area (Å²) < 4.78 is 0. The van der Waals surface area contributed by atoms with Gasteiger partial charge in [-0.1, -0.05) is 20.3 Å². The van der Waals surface area contributed by atoms with Gasteiger partial charge < -0.3 is 5.73 Å². The molecule has 3 atom stereocenters. The van der Waals surface area contributed by atoms with Crippen LogP contribution in [0.1, 0.15) is 46.5 Å². The molecule has 0 aliphatic carbocycles. The largest absolute Gasteiger partial charge is 0.327 e. The lowest BCUT2D eigenvalue weighted by Gasteiger charge is -2.36. The summed E-state index contributed by atoms with van der Waals surface area (Å²) >= 11 is 0. The van der Waals surface area contributed by atoms with Crippen LogP contribution in [-0.2, 0) is 0 Å². The first-order chi connectivity index (χ1) is 6.63. The second-order valence-electron chi connectivity index (χ2n) is 5.00. The van der Waals surface area contributed by atoms with Crippen molar-refractivity contribution in [1.29, 1.82) is 0 Å². The van der Waals surface area contributed by atoms with E-state index in [0.717, 1.165) is 18.5 Å². The van der Waals surface area contributed by atoms with Crippen LogP contribution in [0.3, 0.4) is 0 Å². The summed E-state index contributed by atoms with van der Waals surface area (Å²) in [5.74, 6) is 0.850. The number of nitrogens with zero attached hydrogens (tertiary/aromatic N) is 1. The van der Waals surface area contributed by atoms with Crippen molar-refractivity contribution in [2.75, 3.05) is 13.1 Å². The van der Waals surface area contributed by atoms with Crippen molar-refractivity contribution >= 4 is 0 Å². The molecule has 0 aromatic rings. The third kappa shape index (κ3) is 3.58. The van der Waals surface area contributed by atoms with Gasteiger partial charge in [0.2, 0.25) is 0 Å². The van der Waals surface area contributed by atoms with Crippen LogP contribution in [0.2, 0.25) is 0 Å². The van der Waals surface area contributed by atoms with E-state index in [1.165, 1.54) is 32.2 Å². The van der Waals surface area contributed by atoms with Crippen LogP contribution in [0, 0.1) is 5.92 Å². The van der Waals surface area contributed by atoms with Crippen molar-refractivity contribution in [3.05, 3.63) is 0 Å². The molecule has 0 spiro atoms. The van der Waals surface area contributed by atoms with Gasteiger partial charge in [-0.3, -0.25) is 4.90 Å². The first-order valence-electron chi connectivity index (χ1n) is 6.13. The zero-order valence-electron chi connectivity index (χ0n) is 10.00. The van der Waals surface area contributed by atoms with Crippen molar-refractivity contribution in [2.24, 2.45) is 11.7 Å². The third-order valence-electron chi connectivity index (χ3n) is 3.55. The van der Waals surface area contributed by atoms with Crippen LogP contribution in [0.15, 0.2) is 0 Å². The molecule has 84 valence electrons. The molecule has 0 aromatic carbocycles. The summed E-state index contributed by atoms with van der Waals surface area (Å²) in [5.41, 5.74) is 5.98. The normalized spacial score (nSPS) is 28.7. The van der Waals surface area contributed by atoms with Gasteiger partial charge in [0, 0.05) is 18.6 Å². The third-order valence-corrected chi connectivity index (χ3v) is 3.55. The van der Waals surface area contributed by atoms with Gasteiger partial charge >= 0.3 is 0 Å². The Hall–Kier alpha value is -0.0800. The molecule has 1 aliphatic heterocycles. The lowest BCUT2D eigenvalue weighted by atomic mass is 9.97. The van der Waals surface area contributed by atoms with Crippen LogP contribution >= 0.6 is 0 Å². The highest BCUT2D eigenvalue weighted by Gasteiger charge is 2.21. The zero-order valence-corrected chi connectivity index (χ0v) is 10.00. The second-order valence-corrected chi connectivity index (χ2v) is 5.00. The average Bonchev–Trinajstić information content (AvgIpc) is 2.17. The summed E-state index contributed by atoms with van der Waals surface area (Å²) in [5, 5.41) is 0. The van der Waals surface area contributed by atoms with Crippen molar-refractivity contribution < 1.29 is 0 Å². The Kier molecular flexibility index (Phi) is 4.90. The highest BCUT2D eigenvalue weighted by molar-refractivity contribution is 4.79. The fourth-order valence-electron chi connectivity index (χ4n) is 2.34. The standard InChI is InChI=1S/C12H26N2/c1-4-10(2)8-11(3)14-7-5-6-12(13)9-14/h10-12H,4-9,13H2,1-3H3. The molecule has 1 fully saturated rings. The minimum absolute atomic E-state index is 0.420. The quantitative estimate of drug-likeness (QED) is 0.750. The summed E-state index contributed by atoms with van der Waals surface area (Å²) in [7, 11) is 0. The molecule has 3 unspecified atom stereocenters. The van der Waals surface area contributed by atoms with E-state index in [9.17, 15) is 0 Å². The Labute approximate surface area is 88.8 Å². The predicted octanol–water partition coefficient (Wildman–Crippen LogP) is 2.23. The molecular weight excluding hydrogens is 172 g/mol. The number of nitrogens with two attached hydrogens (primary N) is 1. The number of rotatable bonds is 4. The van der Waals surface area contributed by atoms with Crippen LogP contribution in [-0.4, -0.2) is 30.1 Å². The number of likely N-dealkylation sites (tertiary alicyclic amines) is 1. The monoisotopic (exact) mass is 198 g/mol. The van der Waals surface area contributed by atoms with E-state index in [1.54, 1.807) is 0 Å². The molecule has 1 saturated heterocycles. The number of hydrogen-bond acceptors (Lipinski definition) is 2. The summed E-state index contributed by atoms with van der Waals surface area (Å²) in [6.07, 6.45) is 5.12. The smallest absolute Gasteiger partial charge is 0.0168 e. The van der Waals surface area contributed by atoms with E-state index in [1.807, 2.05) is 0 Å². The van der Waals surface area contributed by atoms with Crippen molar-refractivity contribution in [3.63, 3.8) is 0 Å². The Morgan fingerprint density at radius 1 is 1.43 bits per heavy atom. The van der Waals surface area contributed by atoms with Crippen LogP contribution in [0.5, 0.6) is 0 Å². The fraction of sp³-hybridized carbons (Fsp3) is 1.00. The van der Waals surface area contributed by atoms with Crippen LogP contribution in [0.25, 0.3) is 0 Å². The van der Waals surface area contributed by atoms with Gasteiger partial charge in [-0.05, 0) is 38.6 Å². The Bertz CT molecular complexity index is 158. The maximum atomic E-state index is 5.98. The number of piperidine rings is 1. The molecule has 2 heteroatoms. The van der Waals surface area contributed by atoms with Gasteiger partial charge in [0.1, 0.15) is 0 Å². The van der Waals surface area contributed by atoms with Gasteiger partial charge in [0.25, 0.3) is 0 Å². The molecule has 1 rings (SSSR count). The first-order valence-corrected chi connectivity index (χ1v) is 6.13. The molecule has 2 N–H and O–H groups in total. The lowest BCUT2D eigenvalue weighted by molar-refractivity contribution is 0.140. The molecule has 0 amide bonds. The summed E-state index contributed by atoms with van der Waals surface area (Å²) in [4.78, 5) is 2.57. The molecule has 0 aromatic heterocycles. The highest BCUT2D eigenvalue weighted by Crippen LogP contribution is 2.18. The maximum Gasteiger partial charge on any atom is 0.0168 e. The van der Waals surface area contributed by atoms with E-state index in [0.29, 0.717) is 6.04 Å². The molecule has 2 nitrogen and oxygen atoms in total. The Morgan fingerprint density at radius 2 is 2.14 bits per heavy atom. The minimum Gasteiger partial charge on any atom is -0.327 e. The molecule has 0 radical (unpaired) electrons. The van der Waals surface area contributed by atoms with Gasteiger partial charge in [-0.15, -0.1) is 0 Å². The van der Waals surface area contributed by atoms with Gasteiger partial charge in [0.15, 0.2) is 0 Å². The number of hydrogen-bond donors (Lipinski definition) is 1. The lowest BCUT2D eigenvalue weighted by Crippen LogP contribution is -2.47. The van der Waals surface area contributed by atoms with Crippen molar-refractivity contribution in [1.82, 2.24) is 4.90 Å². The minimum atomic E-state index is 0.420. The Morgan fingerprint density at radius 3 is 2.71 bits per heavy atom. The van der Waals surface area contributed by atoms with E-state index in [2.05, 4.69) is 25.7 Å². The second kappa shape index (κ2) is 5.72. The van der Waals surface area contributed by atoms with E-state index < -0.39 is 0 Å². The van der Waals surface area contributed by atoms with Crippen LogP contribution < -0.4 is 5.73 Å². The SMILES string of the molecule is CCC(C)CC(C)N1CCCC(N)C1. The predicted molar refractivity (Wildman–Crippen MR) is 62.3 cm³/mol. The summed E-state index contributed by atoms with van der Waals surface area (Å²) in [6.45, 7) is 9.34. The average molecular weight is 198 g/mol. The molecule has 0 saturated carbocycles. The van der Waals surface area contributed by atoms with Crippen molar-refractivity contribution in [3.8, 4) is 0 Å².